The SMILES string of the molecule is COc1ccc([C@@H](CC(C)C)NC(=O)CN(c2ccc(OC)c(OC)c2)S(=O)(=O)c2ccc(C)cc2)cc1. The van der Waals surface area contributed by atoms with Gasteiger partial charge in [0.05, 0.1) is 38.0 Å². The van der Waals surface area contributed by atoms with Crippen LogP contribution < -0.4 is 23.8 Å². The minimum atomic E-state index is -4.08. The number of nitrogens with zero attached hydrogens (tertiary/aromatic N) is 1. The molecule has 1 amide bonds. The van der Waals surface area contributed by atoms with Crippen molar-refractivity contribution in [2.75, 3.05) is 32.2 Å². The fourth-order valence-corrected chi connectivity index (χ4v) is 5.50. The van der Waals surface area contributed by atoms with E-state index >= 15 is 0 Å². The Balaban J connectivity index is 1.98. The summed E-state index contributed by atoms with van der Waals surface area (Å²) in [5, 5.41) is 3.04. The maximum atomic E-state index is 13.8. The molecule has 0 spiro atoms. The molecule has 8 nitrogen and oxygen atoms in total. The second-order valence-electron chi connectivity index (χ2n) is 9.39. The number of anilines is 1. The van der Waals surface area contributed by atoms with Crippen molar-refractivity contribution in [3.05, 3.63) is 77.9 Å². The van der Waals surface area contributed by atoms with Crippen LogP contribution in [0.5, 0.6) is 17.2 Å². The molecule has 1 N–H and O–H groups in total. The highest BCUT2D eigenvalue weighted by Gasteiger charge is 2.29. The number of aryl methyl sites for hydroxylation is 1. The average Bonchev–Trinajstić information content (AvgIpc) is 2.91. The van der Waals surface area contributed by atoms with E-state index < -0.39 is 22.5 Å². The summed E-state index contributed by atoms with van der Waals surface area (Å²) >= 11 is 0. The summed E-state index contributed by atoms with van der Waals surface area (Å²) in [6.45, 7) is 5.60. The standard InChI is InChI=1S/C29H36N2O6S/c1-20(2)17-26(22-9-12-24(35-4)13-10-22)30-29(32)19-31(23-11-16-27(36-5)28(18-23)37-6)38(33,34)25-14-7-21(3)8-15-25/h7-16,18,20,26H,17,19H2,1-6H3,(H,30,32)/t26-/m1/s1. The third kappa shape index (κ3) is 6.98. The predicted molar refractivity (Wildman–Crippen MR) is 149 cm³/mol. The Labute approximate surface area is 225 Å². The molecule has 38 heavy (non-hydrogen) atoms. The number of sulfonamides is 1. The van der Waals surface area contributed by atoms with Gasteiger partial charge in [0.2, 0.25) is 5.91 Å². The van der Waals surface area contributed by atoms with Crippen LogP contribution in [0.1, 0.15) is 37.4 Å². The van der Waals surface area contributed by atoms with Gasteiger partial charge >= 0.3 is 0 Å². The number of ether oxygens (including phenoxy) is 3. The number of methoxy groups -OCH3 is 3. The first-order valence-electron chi connectivity index (χ1n) is 12.3. The highest BCUT2D eigenvalue weighted by Crippen LogP contribution is 2.34. The van der Waals surface area contributed by atoms with E-state index in [1.165, 1.54) is 26.4 Å². The Morgan fingerprint density at radius 3 is 2.05 bits per heavy atom. The van der Waals surface area contributed by atoms with Gasteiger partial charge in [-0.1, -0.05) is 43.7 Å². The van der Waals surface area contributed by atoms with Gasteiger partial charge in [-0.15, -0.1) is 0 Å². The van der Waals surface area contributed by atoms with Gasteiger partial charge in [0.15, 0.2) is 11.5 Å². The number of hydrogen-bond acceptors (Lipinski definition) is 6. The van der Waals surface area contributed by atoms with E-state index in [4.69, 9.17) is 14.2 Å². The molecular weight excluding hydrogens is 504 g/mol. The summed E-state index contributed by atoms with van der Waals surface area (Å²) < 4.78 is 44.6. The van der Waals surface area contributed by atoms with Crippen LogP contribution in [0.15, 0.2) is 71.6 Å². The Morgan fingerprint density at radius 2 is 1.50 bits per heavy atom. The lowest BCUT2D eigenvalue weighted by Gasteiger charge is -2.27. The number of nitrogens with one attached hydrogen (secondary N) is 1. The zero-order valence-corrected chi connectivity index (χ0v) is 23.5. The summed E-state index contributed by atoms with van der Waals surface area (Å²) in [4.78, 5) is 13.5. The molecule has 0 aliphatic rings. The van der Waals surface area contributed by atoms with Crippen LogP contribution >= 0.6 is 0 Å². The molecule has 3 aromatic carbocycles. The van der Waals surface area contributed by atoms with Crippen molar-refractivity contribution < 1.29 is 27.4 Å². The summed E-state index contributed by atoms with van der Waals surface area (Å²) in [5.41, 5.74) is 2.12. The summed E-state index contributed by atoms with van der Waals surface area (Å²) in [5.74, 6) is 1.38. The van der Waals surface area contributed by atoms with E-state index in [1.54, 1.807) is 37.4 Å². The van der Waals surface area contributed by atoms with Crippen molar-refractivity contribution in [1.29, 1.82) is 0 Å². The quantitative estimate of drug-likeness (QED) is 0.343. The van der Waals surface area contributed by atoms with E-state index in [1.807, 2.05) is 31.2 Å². The number of carbonyl (C=O) groups is 1. The molecule has 0 aliphatic heterocycles. The third-order valence-corrected chi connectivity index (χ3v) is 7.90. The molecule has 0 bridgehead atoms. The number of rotatable bonds is 12. The maximum Gasteiger partial charge on any atom is 0.264 e. The number of carbonyl (C=O) groups excluding carboxylic acids is 1. The van der Waals surface area contributed by atoms with E-state index in [-0.39, 0.29) is 16.6 Å². The summed E-state index contributed by atoms with van der Waals surface area (Å²) in [6, 6.07) is 18.5. The fraction of sp³-hybridized carbons (Fsp3) is 0.345. The van der Waals surface area contributed by atoms with E-state index in [0.29, 0.717) is 29.6 Å². The molecule has 0 fully saturated rings. The van der Waals surface area contributed by atoms with Crippen molar-refractivity contribution in [3.63, 3.8) is 0 Å². The molecule has 204 valence electrons. The maximum absolute atomic E-state index is 13.8. The Bertz CT molecular complexity index is 1320. The minimum absolute atomic E-state index is 0.0829. The third-order valence-electron chi connectivity index (χ3n) is 6.11. The highest BCUT2D eigenvalue weighted by molar-refractivity contribution is 7.92. The number of hydrogen-bond donors (Lipinski definition) is 1. The lowest BCUT2D eigenvalue weighted by Crippen LogP contribution is -2.42. The molecule has 0 aromatic heterocycles. The predicted octanol–water partition coefficient (Wildman–Crippen LogP) is 5.12. The van der Waals surface area contributed by atoms with Crippen LogP contribution in [0, 0.1) is 12.8 Å². The molecule has 3 rings (SSSR count). The number of amides is 1. The van der Waals surface area contributed by atoms with E-state index in [2.05, 4.69) is 19.2 Å². The van der Waals surface area contributed by atoms with Gasteiger partial charge in [-0.05, 0) is 61.2 Å². The second kappa shape index (κ2) is 12.7. The number of benzene rings is 3. The lowest BCUT2D eigenvalue weighted by molar-refractivity contribution is -0.120. The van der Waals surface area contributed by atoms with Gasteiger partial charge in [0.25, 0.3) is 10.0 Å². The van der Waals surface area contributed by atoms with Crippen molar-refractivity contribution in [1.82, 2.24) is 5.32 Å². The van der Waals surface area contributed by atoms with E-state index in [0.717, 1.165) is 15.4 Å². The highest BCUT2D eigenvalue weighted by atomic mass is 32.2. The van der Waals surface area contributed by atoms with E-state index in [9.17, 15) is 13.2 Å². The first-order chi connectivity index (χ1) is 18.1. The van der Waals surface area contributed by atoms with Gasteiger partial charge < -0.3 is 19.5 Å². The van der Waals surface area contributed by atoms with Gasteiger partial charge in [-0.25, -0.2) is 8.42 Å². The Morgan fingerprint density at radius 1 is 0.868 bits per heavy atom. The molecule has 9 heteroatoms. The average molecular weight is 541 g/mol. The van der Waals surface area contributed by atoms with Crippen LogP contribution in [-0.2, 0) is 14.8 Å². The first-order valence-corrected chi connectivity index (χ1v) is 13.8. The topological polar surface area (TPSA) is 94.2 Å². The molecule has 0 aliphatic carbocycles. The zero-order chi connectivity index (χ0) is 27.9. The van der Waals surface area contributed by atoms with Gasteiger partial charge in [-0.2, -0.15) is 0 Å². The molecule has 0 saturated carbocycles. The zero-order valence-electron chi connectivity index (χ0n) is 22.7. The molecule has 3 aromatic rings. The minimum Gasteiger partial charge on any atom is -0.497 e. The van der Waals surface area contributed by atoms with Crippen LogP contribution in [0.4, 0.5) is 5.69 Å². The first kappa shape index (κ1) is 28.8. The van der Waals surface area contributed by atoms with Crippen LogP contribution in [0.25, 0.3) is 0 Å². The molecule has 0 unspecified atom stereocenters. The van der Waals surface area contributed by atoms with Crippen LogP contribution in [0.2, 0.25) is 0 Å². The van der Waals surface area contributed by atoms with Crippen molar-refractivity contribution >= 4 is 21.6 Å². The van der Waals surface area contributed by atoms with Crippen LogP contribution in [-0.4, -0.2) is 42.2 Å². The normalized spacial score (nSPS) is 12.1. The Kier molecular flexibility index (Phi) is 9.63. The summed E-state index contributed by atoms with van der Waals surface area (Å²) in [7, 11) is 0.484. The van der Waals surface area contributed by atoms with Crippen molar-refractivity contribution in [2.45, 2.75) is 38.1 Å². The summed E-state index contributed by atoms with van der Waals surface area (Å²) in [6.07, 6.45) is 0.680. The van der Waals surface area contributed by atoms with Crippen LogP contribution in [0.3, 0.4) is 0 Å². The van der Waals surface area contributed by atoms with Gasteiger partial charge in [0.1, 0.15) is 12.3 Å². The van der Waals surface area contributed by atoms with Crippen molar-refractivity contribution in [2.24, 2.45) is 5.92 Å². The van der Waals surface area contributed by atoms with Crippen molar-refractivity contribution in [3.8, 4) is 17.2 Å². The molecular formula is C29H36N2O6S. The second-order valence-corrected chi connectivity index (χ2v) is 11.2. The fourth-order valence-electron chi connectivity index (χ4n) is 4.09. The molecule has 0 heterocycles. The van der Waals surface area contributed by atoms with Gasteiger partial charge in [0, 0.05) is 6.07 Å². The lowest BCUT2D eigenvalue weighted by atomic mass is 9.97. The smallest absolute Gasteiger partial charge is 0.264 e. The molecule has 1 atom stereocenters. The molecule has 0 saturated heterocycles. The largest absolute Gasteiger partial charge is 0.497 e. The van der Waals surface area contributed by atoms with Gasteiger partial charge in [-0.3, -0.25) is 9.10 Å². The molecule has 0 radical (unpaired) electrons. The monoisotopic (exact) mass is 540 g/mol. The Hall–Kier alpha value is -3.72.